The molecule has 0 bridgehead atoms. The summed E-state index contributed by atoms with van der Waals surface area (Å²) in [7, 11) is 0. The highest BCUT2D eigenvalue weighted by Gasteiger charge is 2.13. The van der Waals surface area contributed by atoms with Crippen molar-refractivity contribution < 1.29 is 28.1 Å². The number of rotatable bonds is 7. The maximum Gasteiger partial charge on any atom is 0.313 e. The van der Waals surface area contributed by atoms with E-state index in [0.717, 1.165) is 5.56 Å². The Bertz CT molecular complexity index is 1270. The van der Waals surface area contributed by atoms with Crippen molar-refractivity contribution in [3.63, 3.8) is 0 Å². The van der Waals surface area contributed by atoms with E-state index in [-0.39, 0.29) is 30.1 Å². The molecule has 0 aliphatic heterocycles. The number of nitro groups is 1. The van der Waals surface area contributed by atoms with E-state index < -0.39 is 10.9 Å². The lowest BCUT2D eigenvalue weighted by Gasteiger charge is -2.01. The molecule has 0 saturated carbocycles. The SMILES string of the molecule is CCOC(=O)CC(=O)c1ccoc1.O=c1cc(-c2ccoc2)[nH]n1-c1ccc([N+](=O)[O-])cc1. The molecule has 11 nitrogen and oxygen atoms in total. The second kappa shape index (κ2) is 10.6. The van der Waals surface area contributed by atoms with E-state index in [1.165, 1.54) is 66.1 Å². The van der Waals surface area contributed by atoms with Crippen LogP contribution in [-0.4, -0.2) is 33.1 Å². The number of nitro benzene ring substituents is 1. The molecule has 0 aliphatic rings. The van der Waals surface area contributed by atoms with Crippen molar-refractivity contribution in [2.24, 2.45) is 0 Å². The summed E-state index contributed by atoms with van der Waals surface area (Å²) in [5.74, 6) is -0.791. The van der Waals surface area contributed by atoms with Gasteiger partial charge < -0.3 is 13.6 Å². The molecule has 4 rings (SSSR count). The van der Waals surface area contributed by atoms with E-state index in [1.807, 2.05) is 0 Å². The second-order valence-electron chi connectivity index (χ2n) is 6.55. The Kier molecular flexibility index (Phi) is 7.37. The molecule has 0 aliphatic carbocycles. The van der Waals surface area contributed by atoms with Gasteiger partial charge in [0.2, 0.25) is 0 Å². The molecule has 0 amide bonds. The molecule has 33 heavy (non-hydrogen) atoms. The van der Waals surface area contributed by atoms with Gasteiger partial charge in [0, 0.05) is 23.8 Å². The van der Waals surface area contributed by atoms with Gasteiger partial charge in [0.05, 0.1) is 47.3 Å². The lowest BCUT2D eigenvalue weighted by Crippen LogP contribution is -2.13. The topological polar surface area (TPSA) is 151 Å². The fourth-order valence-electron chi connectivity index (χ4n) is 2.74. The van der Waals surface area contributed by atoms with Gasteiger partial charge in [-0.05, 0) is 31.2 Å². The monoisotopic (exact) mass is 453 g/mol. The van der Waals surface area contributed by atoms with Crippen molar-refractivity contribution in [1.29, 1.82) is 0 Å². The number of aromatic nitrogens is 2. The van der Waals surface area contributed by atoms with Crippen LogP contribution in [0.4, 0.5) is 5.69 Å². The first-order valence-electron chi connectivity index (χ1n) is 9.69. The van der Waals surface area contributed by atoms with Gasteiger partial charge in [-0.1, -0.05) is 0 Å². The van der Waals surface area contributed by atoms with E-state index in [1.54, 1.807) is 13.0 Å². The lowest BCUT2D eigenvalue weighted by atomic mass is 10.2. The molecular formula is C22H19N3O8. The molecule has 0 radical (unpaired) electrons. The number of ketones is 1. The molecule has 11 heteroatoms. The summed E-state index contributed by atoms with van der Waals surface area (Å²) in [4.78, 5) is 44.1. The van der Waals surface area contributed by atoms with Gasteiger partial charge >= 0.3 is 5.97 Å². The number of non-ortho nitro benzene ring substituents is 1. The van der Waals surface area contributed by atoms with Crippen LogP contribution in [0, 0.1) is 10.1 Å². The van der Waals surface area contributed by atoms with Crippen molar-refractivity contribution in [3.05, 3.63) is 93.5 Å². The number of nitrogens with zero attached hydrogens (tertiary/aromatic N) is 2. The first-order valence-corrected chi connectivity index (χ1v) is 9.69. The number of benzene rings is 1. The fraction of sp³-hybridized carbons (Fsp3) is 0.136. The van der Waals surface area contributed by atoms with Crippen LogP contribution >= 0.6 is 0 Å². The van der Waals surface area contributed by atoms with E-state index in [4.69, 9.17) is 8.83 Å². The van der Waals surface area contributed by atoms with Crippen molar-refractivity contribution >= 4 is 17.4 Å². The van der Waals surface area contributed by atoms with Crippen LogP contribution in [0.5, 0.6) is 0 Å². The summed E-state index contributed by atoms with van der Waals surface area (Å²) in [5, 5.41) is 13.5. The Balaban J connectivity index is 0.000000205. The van der Waals surface area contributed by atoms with E-state index in [9.17, 15) is 24.5 Å². The van der Waals surface area contributed by atoms with Crippen molar-refractivity contribution in [3.8, 4) is 16.9 Å². The Morgan fingerprint density at radius 2 is 1.79 bits per heavy atom. The number of hydrogen-bond donors (Lipinski definition) is 1. The van der Waals surface area contributed by atoms with Crippen molar-refractivity contribution in [1.82, 2.24) is 9.78 Å². The predicted octanol–water partition coefficient (Wildman–Crippen LogP) is 3.75. The number of nitrogens with one attached hydrogen (secondary N) is 1. The quantitative estimate of drug-likeness (QED) is 0.146. The lowest BCUT2D eigenvalue weighted by molar-refractivity contribution is -0.384. The molecule has 0 fully saturated rings. The number of carbonyl (C=O) groups is 2. The van der Waals surface area contributed by atoms with Crippen LogP contribution in [0.3, 0.4) is 0 Å². The van der Waals surface area contributed by atoms with Gasteiger partial charge in [0.15, 0.2) is 5.78 Å². The van der Waals surface area contributed by atoms with Gasteiger partial charge in [0.25, 0.3) is 11.2 Å². The van der Waals surface area contributed by atoms with Gasteiger partial charge in [0.1, 0.15) is 12.7 Å². The zero-order chi connectivity index (χ0) is 23.8. The molecule has 0 spiro atoms. The first kappa shape index (κ1) is 23.0. The number of aromatic amines is 1. The molecule has 170 valence electrons. The minimum Gasteiger partial charge on any atom is -0.472 e. The standard InChI is InChI=1S/C13H9N3O4.C9H10O4/c17-13-7-12(9-5-6-20-8-9)14-15(13)10-1-3-11(4-2-10)16(18)19;1-2-13-9(11)5-8(10)7-3-4-12-6-7/h1-8,14H;3-4,6H,2,5H2,1H3. The number of furan rings is 2. The number of carbonyl (C=O) groups excluding carboxylic acids is 2. The van der Waals surface area contributed by atoms with E-state index >= 15 is 0 Å². The van der Waals surface area contributed by atoms with Crippen LogP contribution in [0.2, 0.25) is 0 Å². The summed E-state index contributed by atoms with van der Waals surface area (Å²) in [5.41, 5.74) is 2.01. The molecule has 3 aromatic heterocycles. The highest BCUT2D eigenvalue weighted by atomic mass is 16.6. The molecule has 4 aromatic rings. The highest BCUT2D eigenvalue weighted by molar-refractivity contribution is 6.05. The average molecular weight is 453 g/mol. The van der Waals surface area contributed by atoms with E-state index in [2.05, 4.69) is 9.84 Å². The average Bonchev–Trinajstić information content (AvgIpc) is 3.56. The van der Waals surface area contributed by atoms with Gasteiger partial charge in [-0.25, -0.2) is 4.68 Å². The van der Waals surface area contributed by atoms with Crippen molar-refractivity contribution in [2.45, 2.75) is 13.3 Å². The number of esters is 1. The number of H-pyrrole nitrogens is 1. The second-order valence-corrected chi connectivity index (χ2v) is 6.55. The summed E-state index contributed by atoms with van der Waals surface area (Å²) in [6, 6.07) is 10.4. The number of hydrogen-bond acceptors (Lipinski definition) is 8. The Labute approximate surface area is 186 Å². The van der Waals surface area contributed by atoms with Gasteiger partial charge in [-0.3, -0.25) is 29.6 Å². The van der Waals surface area contributed by atoms with Crippen LogP contribution in [0.1, 0.15) is 23.7 Å². The normalized spacial score (nSPS) is 10.2. The summed E-state index contributed by atoms with van der Waals surface area (Å²) < 4.78 is 15.6. The third kappa shape index (κ3) is 5.94. The van der Waals surface area contributed by atoms with Crippen LogP contribution in [0.25, 0.3) is 16.9 Å². The maximum absolute atomic E-state index is 11.9. The molecular weight excluding hydrogens is 434 g/mol. The smallest absolute Gasteiger partial charge is 0.313 e. The minimum atomic E-state index is -0.506. The third-order valence-corrected chi connectivity index (χ3v) is 4.32. The van der Waals surface area contributed by atoms with Crippen LogP contribution in [0.15, 0.2) is 81.1 Å². The summed E-state index contributed by atoms with van der Waals surface area (Å²) in [6.45, 7) is 1.98. The maximum atomic E-state index is 11.9. The van der Waals surface area contributed by atoms with Gasteiger partial charge in [-0.15, -0.1) is 0 Å². The number of ether oxygens (including phenoxy) is 1. The third-order valence-electron chi connectivity index (χ3n) is 4.32. The Morgan fingerprint density at radius 1 is 1.09 bits per heavy atom. The zero-order valence-electron chi connectivity index (χ0n) is 17.4. The molecule has 1 aromatic carbocycles. The molecule has 0 atom stereocenters. The molecule has 0 saturated heterocycles. The molecule has 3 heterocycles. The Morgan fingerprint density at radius 3 is 2.36 bits per heavy atom. The van der Waals surface area contributed by atoms with Gasteiger partial charge in [-0.2, -0.15) is 0 Å². The first-order chi connectivity index (χ1) is 15.9. The summed E-state index contributed by atoms with van der Waals surface area (Å²) >= 11 is 0. The Hall–Kier alpha value is -4.67. The minimum absolute atomic E-state index is 0.0246. The van der Waals surface area contributed by atoms with Crippen LogP contribution < -0.4 is 5.56 Å². The van der Waals surface area contributed by atoms with E-state index in [0.29, 0.717) is 16.9 Å². The molecule has 1 N–H and O–H groups in total. The predicted molar refractivity (Wildman–Crippen MR) is 115 cm³/mol. The number of Topliss-reactive ketones (excluding diaryl/α,β-unsaturated/α-hetero) is 1. The zero-order valence-corrected chi connectivity index (χ0v) is 17.4. The largest absolute Gasteiger partial charge is 0.472 e. The molecule has 0 unspecified atom stereocenters. The van der Waals surface area contributed by atoms with Crippen molar-refractivity contribution in [2.75, 3.05) is 6.61 Å². The summed E-state index contributed by atoms with van der Waals surface area (Å²) in [6.07, 6.45) is 5.50. The van der Waals surface area contributed by atoms with Crippen LogP contribution in [-0.2, 0) is 9.53 Å². The highest BCUT2D eigenvalue weighted by Crippen LogP contribution is 2.18. The fourth-order valence-corrected chi connectivity index (χ4v) is 2.74.